The van der Waals surface area contributed by atoms with E-state index >= 15 is 0 Å². The zero-order valence-corrected chi connectivity index (χ0v) is 24.1. The molecule has 0 aromatic heterocycles. The number of aryl methyl sites for hydroxylation is 2. The fourth-order valence-electron chi connectivity index (χ4n) is 4.87. The highest BCUT2D eigenvalue weighted by Crippen LogP contribution is 2.39. The van der Waals surface area contributed by atoms with Crippen LogP contribution in [-0.4, -0.2) is 0 Å². The molecule has 0 aliphatic heterocycles. The minimum Gasteiger partial charge on any atom is -0.456 e. The van der Waals surface area contributed by atoms with Gasteiger partial charge in [-0.25, -0.2) is 0 Å². The van der Waals surface area contributed by atoms with Crippen molar-refractivity contribution in [2.45, 2.75) is 59.8 Å². The largest absolute Gasteiger partial charge is 0.456 e. The van der Waals surface area contributed by atoms with Gasteiger partial charge in [0.2, 0.25) is 0 Å². The first-order valence-corrected chi connectivity index (χ1v) is 14.0. The summed E-state index contributed by atoms with van der Waals surface area (Å²) < 4.78 is 12.8. The molecule has 200 valence electrons. The van der Waals surface area contributed by atoms with Crippen molar-refractivity contribution >= 4 is 12.2 Å². The topological polar surface area (TPSA) is 18.5 Å². The predicted octanol–water partition coefficient (Wildman–Crippen LogP) is 10.8. The second-order valence-corrected chi connectivity index (χ2v) is 10.3. The molecule has 4 aromatic rings. The Morgan fingerprint density at radius 3 is 1.36 bits per heavy atom. The van der Waals surface area contributed by atoms with Gasteiger partial charge in [0, 0.05) is 16.5 Å². The average Bonchev–Trinajstić information content (AvgIpc) is 2.95. The van der Waals surface area contributed by atoms with Crippen LogP contribution in [0.3, 0.4) is 0 Å². The van der Waals surface area contributed by atoms with E-state index in [0.717, 1.165) is 47.0 Å². The number of rotatable bonds is 10. The molecule has 2 heteroatoms. The Hall–Kier alpha value is -4.04. The maximum absolute atomic E-state index is 6.42. The third-order valence-corrected chi connectivity index (χ3v) is 7.30. The number of para-hydroxylation sites is 2. The minimum absolute atomic E-state index is 0.184. The molecule has 0 saturated heterocycles. The zero-order chi connectivity index (χ0) is 27.8. The van der Waals surface area contributed by atoms with Gasteiger partial charge in [-0.2, -0.15) is 0 Å². The summed E-state index contributed by atoms with van der Waals surface area (Å²) in [6, 6.07) is 29.6. The Kier molecular flexibility index (Phi) is 9.09. The Labute approximate surface area is 234 Å². The fraction of sp³-hybridized carbons (Fsp3) is 0.243. The van der Waals surface area contributed by atoms with Crippen LogP contribution >= 0.6 is 0 Å². The lowest BCUT2D eigenvalue weighted by atomic mass is 9.77. The molecule has 0 radical (unpaired) electrons. The van der Waals surface area contributed by atoms with E-state index in [2.05, 4.69) is 88.4 Å². The van der Waals surface area contributed by atoms with Gasteiger partial charge in [0.25, 0.3) is 0 Å². The van der Waals surface area contributed by atoms with Gasteiger partial charge in [-0.1, -0.05) is 113 Å². The molecule has 0 unspecified atom stereocenters. The average molecular weight is 517 g/mol. The molecule has 0 aliphatic carbocycles. The summed E-state index contributed by atoms with van der Waals surface area (Å²) in [5.41, 5.74) is 6.91. The molecule has 0 N–H and O–H groups in total. The molecule has 2 nitrogen and oxygen atoms in total. The van der Waals surface area contributed by atoms with Crippen LogP contribution in [0.1, 0.15) is 74.9 Å². The van der Waals surface area contributed by atoms with Crippen LogP contribution in [0.2, 0.25) is 0 Å². The predicted molar refractivity (Wildman–Crippen MR) is 166 cm³/mol. The van der Waals surface area contributed by atoms with Crippen LogP contribution in [0.4, 0.5) is 0 Å². The highest BCUT2D eigenvalue weighted by molar-refractivity contribution is 5.59. The summed E-state index contributed by atoms with van der Waals surface area (Å²) in [5.74, 6) is 3.56. The smallest absolute Gasteiger partial charge is 0.134 e. The van der Waals surface area contributed by atoms with Gasteiger partial charge < -0.3 is 9.47 Å². The number of ether oxygens (including phenoxy) is 2. The Morgan fingerprint density at radius 1 is 0.564 bits per heavy atom. The number of hydrogen-bond donors (Lipinski definition) is 0. The number of allylic oxidation sites excluding steroid dienone is 2. The second-order valence-electron chi connectivity index (χ2n) is 10.3. The van der Waals surface area contributed by atoms with Crippen molar-refractivity contribution in [1.82, 2.24) is 0 Å². The first-order valence-electron chi connectivity index (χ1n) is 14.0. The van der Waals surface area contributed by atoms with Crippen molar-refractivity contribution < 1.29 is 9.47 Å². The molecule has 0 saturated carbocycles. The molecule has 0 fully saturated rings. The van der Waals surface area contributed by atoms with Crippen LogP contribution in [-0.2, 0) is 18.3 Å². The monoisotopic (exact) mass is 516 g/mol. The van der Waals surface area contributed by atoms with Crippen molar-refractivity contribution in [3.8, 4) is 23.0 Å². The van der Waals surface area contributed by atoms with Crippen LogP contribution in [0, 0.1) is 0 Å². The standard InChI is InChI=1S/C37H40O2/c1-7-15-29-17-11-13-19-33(29)38-35-23-21-31(25-27(35)9-3)37(5,6)32-22-24-36(28(10-4)26-32)39-34-20-14-12-18-30(34)16-8-2/h7-8,11-26H,9-10H2,1-6H3/b15-7-,16-8-. The second kappa shape index (κ2) is 12.7. The molecule has 0 heterocycles. The zero-order valence-electron chi connectivity index (χ0n) is 24.1. The molecule has 0 aliphatic rings. The lowest BCUT2D eigenvalue weighted by Crippen LogP contribution is -2.19. The lowest BCUT2D eigenvalue weighted by Gasteiger charge is -2.28. The van der Waals surface area contributed by atoms with Gasteiger partial charge in [-0.15, -0.1) is 0 Å². The molecule has 0 atom stereocenters. The first-order chi connectivity index (χ1) is 18.9. The van der Waals surface area contributed by atoms with E-state index in [1.54, 1.807) is 0 Å². The molecular formula is C37H40O2. The van der Waals surface area contributed by atoms with Crippen LogP contribution in [0.25, 0.3) is 12.2 Å². The van der Waals surface area contributed by atoms with Crippen LogP contribution < -0.4 is 9.47 Å². The maximum Gasteiger partial charge on any atom is 0.134 e. The normalized spacial score (nSPS) is 11.8. The van der Waals surface area contributed by atoms with Gasteiger partial charge in [0.1, 0.15) is 23.0 Å². The minimum atomic E-state index is -0.184. The highest BCUT2D eigenvalue weighted by atomic mass is 16.5. The molecule has 39 heavy (non-hydrogen) atoms. The van der Waals surface area contributed by atoms with Gasteiger partial charge in [0.15, 0.2) is 0 Å². The Bertz CT molecular complexity index is 1360. The van der Waals surface area contributed by atoms with Crippen LogP contribution in [0.15, 0.2) is 97.1 Å². The van der Waals surface area contributed by atoms with Crippen molar-refractivity contribution in [2.75, 3.05) is 0 Å². The van der Waals surface area contributed by atoms with E-state index in [9.17, 15) is 0 Å². The van der Waals surface area contributed by atoms with E-state index < -0.39 is 0 Å². The van der Waals surface area contributed by atoms with Crippen molar-refractivity contribution in [1.29, 1.82) is 0 Å². The van der Waals surface area contributed by atoms with E-state index in [-0.39, 0.29) is 5.41 Å². The van der Waals surface area contributed by atoms with Crippen LogP contribution in [0.5, 0.6) is 23.0 Å². The fourth-order valence-corrected chi connectivity index (χ4v) is 4.87. The van der Waals surface area contributed by atoms with E-state index in [4.69, 9.17) is 9.47 Å². The summed E-state index contributed by atoms with van der Waals surface area (Å²) in [7, 11) is 0. The molecule has 4 rings (SSSR count). The maximum atomic E-state index is 6.42. The van der Waals surface area contributed by atoms with Gasteiger partial charge in [-0.05, 0) is 73.2 Å². The summed E-state index contributed by atoms with van der Waals surface area (Å²) in [6.07, 6.45) is 10.0. The quantitative estimate of drug-likeness (QED) is 0.209. The first kappa shape index (κ1) is 28.0. The van der Waals surface area contributed by atoms with E-state index in [1.165, 1.54) is 22.3 Å². The summed E-state index contributed by atoms with van der Waals surface area (Å²) in [5, 5.41) is 0. The molecule has 0 bridgehead atoms. The van der Waals surface area contributed by atoms with Crippen molar-refractivity contribution in [3.05, 3.63) is 130 Å². The molecule has 4 aromatic carbocycles. The van der Waals surface area contributed by atoms with E-state index in [1.807, 2.05) is 62.4 Å². The highest BCUT2D eigenvalue weighted by Gasteiger charge is 2.25. The summed E-state index contributed by atoms with van der Waals surface area (Å²) in [6.45, 7) is 13.0. The SMILES string of the molecule is C/C=C\c1ccccc1Oc1ccc(C(C)(C)c2ccc(Oc3ccccc3/C=C\C)c(CC)c2)cc1CC. The Morgan fingerprint density at radius 2 is 0.974 bits per heavy atom. The molecular weight excluding hydrogens is 476 g/mol. The van der Waals surface area contributed by atoms with Gasteiger partial charge in [0.05, 0.1) is 0 Å². The lowest BCUT2D eigenvalue weighted by molar-refractivity contribution is 0.474. The summed E-state index contributed by atoms with van der Waals surface area (Å²) in [4.78, 5) is 0. The third kappa shape index (κ3) is 6.34. The summed E-state index contributed by atoms with van der Waals surface area (Å²) >= 11 is 0. The molecule has 0 spiro atoms. The van der Waals surface area contributed by atoms with Crippen molar-refractivity contribution in [2.24, 2.45) is 0 Å². The number of hydrogen-bond acceptors (Lipinski definition) is 2. The van der Waals surface area contributed by atoms with E-state index in [0.29, 0.717) is 0 Å². The van der Waals surface area contributed by atoms with Gasteiger partial charge >= 0.3 is 0 Å². The van der Waals surface area contributed by atoms with Crippen molar-refractivity contribution in [3.63, 3.8) is 0 Å². The third-order valence-electron chi connectivity index (χ3n) is 7.30. The number of benzene rings is 4. The van der Waals surface area contributed by atoms with Gasteiger partial charge in [-0.3, -0.25) is 0 Å². The Balaban J connectivity index is 1.64. The molecule has 0 amide bonds.